The van der Waals surface area contributed by atoms with Gasteiger partial charge in [-0.15, -0.1) is 0 Å². The average molecular weight is 436 g/mol. The summed E-state index contributed by atoms with van der Waals surface area (Å²) in [6.45, 7) is 1.85. The van der Waals surface area contributed by atoms with Crippen LogP contribution in [0, 0.1) is 0 Å². The van der Waals surface area contributed by atoms with E-state index < -0.39 is 0 Å². The maximum absolute atomic E-state index is 6.02. The van der Waals surface area contributed by atoms with E-state index in [0.29, 0.717) is 24.0 Å². The van der Waals surface area contributed by atoms with Crippen LogP contribution in [-0.2, 0) is 0 Å². The SMILES string of the molecule is NC1CCN(c2nc(Nc3ncc4c5ccncc5n(C5CCCC5)c4n3)ns2)CC1. The Morgan fingerprint density at radius 2 is 1.84 bits per heavy atom. The lowest BCUT2D eigenvalue weighted by molar-refractivity contribution is 0.501. The maximum Gasteiger partial charge on any atom is 0.243 e. The Morgan fingerprint density at radius 3 is 2.68 bits per heavy atom. The van der Waals surface area contributed by atoms with Crippen LogP contribution in [0.5, 0.6) is 0 Å². The number of nitrogens with two attached hydrogens (primary N) is 1. The Balaban J connectivity index is 1.33. The van der Waals surface area contributed by atoms with Crippen molar-refractivity contribution in [3.05, 3.63) is 24.7 Å². The molecule has 3 N–H and O–H groups in total. The van der Waals surface area contributed by atoms with E-state index in [-0.39, 0.29) is 0 Å². The number of fused-ring (bicyclic) bond motifs is 3. The molecular weight excluding hydrogens is 410 g/mol. The molecule has 1 aliphatic carbocycles. The van der Waals surface area contributed by atoms with Crippen LogP contribution >= 0.6 is 11.5 Å². The maximum atomic E-state index is 6.02. The number of pyridine rings is 1. The van der Waals surface area contributed by atoms with E-state index in [1.54, 1.807) is 0 Å². The van der Waals surface area contributed by atoms with Crippen LogP contribution in [0.15, 0.2) is 24.7 Å². The van der Waals surface area contributed by atoms with Crippen molar-refractivity contribution >= 4 is 50.5 Å². The molecule has 31 heavy (non-hydrogen) atoms. The predicted molar refractivity (Wildman–Crippen MR) is 123 cm³/mol. The van der Waals surface area contributed by atoms with E-state index in [2.05, 4.69) is 40.2 Å². The van der Waals surface area contributed by atoms with Gasteiger partial charge in [0.1, 0.15) is 5.65 Å². The Bertz CT molecular complexity index is 1220. The number of hydrogen-bond donors (Lipinski definition) is 2. The van der Waals surface area contributed by atoms with Gasteiger partial charge in [-0.2, -0.15) is 14.3 Å². The van der Waals surface area contributed by atoms with E-state index in [9.17, 15) is 0 Å². The third-order valence-electron chi connectivity index (χ3n) is 6.49. The highest BCUT2D eigenvalue weighted by atomic mass is 32.1. The fourth-order valence-corrected chi connectivity index (χ4v) is 5.52. The third kappa shape index (κ3) is 3.39. The molecule has 2 aliphatic rings. The Labute approximate surface area is 183 Å². The zero-order valence-corrected chi connectivity index (χ0v) is 18.1. The lowest BCUT2D eigenvalue weighted by atomic mass is 10.1. The normalized spacial score (nSPS) is 18.4. The predicted octanol–water partition coefficient (Wildman–Crippen LogP) is 3.62. The van der Waals surface area contributed by atoms with Crippen LogP contribution in [0.4, 0.5) is 17.0 Å². The summed E-state index contributed by atoms with van der Waals surface area (Å²) in [7, 11) is 0. The zero-order valence-electron chi connectivity index (χ0n) is 17.2. The monoisotopic (exact) mass is 435 g/mol. The molecule has 0 aromatic carbocycles. The van der Waals surface area contributed by atoms with E-state index >= 15 is 0 Å². The second-order valence-electron chi connectivity index (χ2n) is 8.48. The number of anilines is 3. The van der Waals surface area contributed by atoms with Gasteiger partial charge < -0.3 is 15.2 Å². The summed E-state index contributed by atoms with van der Waals surface area (Å²) in [6.07, 6.45) is 12.5. The molecule has 0 bridgehead atoms. The van der Waals surface area contributed by atoms with Gasteiger partial charge in [0.15, 0.2) is 0 Å². The molecule has 2 fully saturated rings. The largest absolute Gasteiger partial charge is 0.347 e. The van der Waals surface area contributed by atoms with Crippen molar-refractivity contribution in [1.82, 2.24) is 28.9 Å². The number of rotatable bonds is 4. The van der Waals surface area contributed by atoms with Crippen molar-refractivity contribution in [1.29, 1.82) is 0 Å². The molecule has 0 atom stereocenters. The number of aromatic nitrogens is 6. The number of nitrogens with zero attached hydrogens (tertiary/aromatic N) is 7. The molecule has 0 amide bonds. The van der Waals surface area contributed by atoms with Crippen LogP contribution < -0.4 is 16.0 Å². The van der Waals surface area contributed by atoms with Gasteiger partial charge >= 0.3 is 0 Å². The van der Waals surface area contributed by atoms with Gasteiger partial charge in [0.25, 0.3) is 0 Å². The summed E-state index contributed by atoms with van der Waals surface area (Å²) in [5, 5.41) is 6.35. The molecule has 0 unspecified atom stereocenters. The molecule has 1 saturated heterocycles. The zero-order chi connectivity index (χ0) is 20.8. The van der Waals surface area contributed by atoms with E-state index in [1.807, 2.05) is 18.6 Å². The number of hydrogen-bond acceptors (Lipinski definition) is 9. The Kier molecular flexibility index (Phi) is 4.68. The first-order valence-corrected chi connectivity index (χ1v) is 11.8. The molecular formula is C21H25N9S. The van der Waals surface area contributed by atoms with Gasteiger partial charge in [-0.3, -0.25) is 10.3 Å². The third-order valence-corrected chi connectivity index (χ3v) is 7.26. The standard InChI is InChI=1S/C21H25N9S/c22-13-6-9-29(10-7-13)21-27-20(28-31-21)26-19-24-11-16-15-5-8-23-12-17(15)30(18(16)25-19)14-3-1-2-4-14/h5,8,11-14H,1-4,6-7,9-10,22H2,(H,24,25,26,28). The quantitative estimate of drug-likeness (QED) is 0.500. The summed E-state index contributed by atoms with van der Waals surface area (Å²) >= 11 is 1.40. The second kappa shape index (κ2) is 7.69. The first kappa shape index (κ1) is 18.9. The van der Waals surface area contributed by atoms with E-state index in [1.165, 1.54) is 37.2 Å². The van der Waals surface area contributed by atoms with Crippen LogP contribution in [0.3, 0.4) is 0 Å². The van der Waals surface area contributed by atoms with Gasteiger partial charge in [-0.1, -0.05) is 12.8 Å². The molecule has 1 aliphatic heterocycles. The van der Waals surface area contributed by atoms with Crippen LogP contribution in [0.1, 0.15) is 44.6 Å². The van der Waals surface area contributed by atoms with Crippen molar-refractivity contribution in [2.75, 3.05) is 23.3 Å². The minimum Gasteiger partial charge on any atom is -0.347 e. The summed E-state index contributed by atoms with van der Waals surface area (Å²) in [6, 6.07) is 2.81. The number of nitrogens with one attached hydrogen (secondary N) is 1. The van der Waals surface area contributed by atoms with E-state index in [0.717, 1.165) is 53.0 Å². The highest BCUT2D eigenvalue weighted by molar-refractivity contribution is 7.09. The summed E-state index contributed by atoms with van der Waals surface area (Å²) in [5.74, 6) is 1.06. The first-order chi connectivity index (χ1) is 15.3. The van der Waals surface area contributed by atoms with Gasteiger partial charge in [0.05, 0.1) is 11.7 Å². The van der Waals surface area contributed by atoms with Crippen molar-refractivity contribution < 1.29 is 0 Å². The molecule has 1 saturated carbocycles. The molecule has 10 heteroatoms. The summed E-state index contributed by atoms with van der Waals surface area (Å²) < 4.78 is 6.83. The summed E-state index contributed by atoms with van der Waals surface area (Å²) in [5.41, 5.74) is 8.10. The molecule has 4 aromatic heterocycles. The molecule has 6 rings (SSSR count). The van der Waals surface area contributed by atoms with Gasteiger partial charge in [0.2, 0.25) is 17.0 Å². The lowest BCUT2D eigenvalue weighted by Crippen LogP contribution is -2.39. The van der Waals surface area contributed by atoms with Crippen LogP contribution in [0.2, 0.25) is 0 Å². The molecule has 160 valence electrons. The Morgan fingerprint density at radius 1 is 1.00 bits per heavy atom. The van der Waals surface area contributed by atoms with Crippen LogP contribution in [-0.4, -0.2) is 48.0 Å². The first-order valence-electron chi connectivity index (χ1n) is 11.0. The smallest absolute Gasteiger partial charge is 0.243 e. The highest BCUT2D eigenvalue weighted by Crippen LogP contribution is 2.37. The molecule has 0 radical (unpaired) electrons. The molecule has 4 aromatic rings. The molecule has 5 heterocycles. The van der Waals surface area contributed by atoms with Crippen molar-refractivity contribution in [2.24, 2.45) is 5.73 Å². The second-order valence-corrected chi connectivity index (χ2v) is 9.21. The minimum atomic E-state index is 0.295. The van der Waals surface area contributed by atoms with Crippen molar-refractivity contribution in [3.63, 3.8) is 0 Å². The summed E-state index contributed by atoms with van der Waals surface area (Å²) in [4.78, 5) is 20.7. The van der Waals surface area contributed by atoms with Gasteiger partial charge in [-0.25, -0.2) is 4.98 Å². The van der Waals surface area contributed by atoms with Gasteiger partial charge in [0, 0.05) is 59.9 Å². The number of piperidine rings is 1. The van der Waals surface area contributed by atoms with Crippen molar-refractivity contribution in [2.45, 2.75) is 50.6 Å². The van der Waals surface area contributed by atoms with E-state index in [4.69, 9.17) is 10.7 Å². The lowest BCUT2D eigenvalue weighted by Gasteiger charge is -2.29. The highest BCUT2D eigenvalue weighted by Gasteiger charge is 2.24. The average Bonchev–Trinajstić information content (AvgIpc) is 3.53. The molecule has 9 nitrogen and oxygen atoms in total. The fourth-order valence-electron chi connectivity index (χ4n) is 4.84. The Hall–Kier alpha value is -2.85. The molecule has 0 spiro atoms. The topological polar surface area (TPSA) is 111 Å². The minimum absolute atomic E-state index is 0.295. The fraction of sp³-hybridized carbons (Fsp3) is 0.476. The van der Waals surface area contributed by atoms with Gasteiger partial charge in [-0.05, 0) is 31.7 Å². The van der Waals surface area contributed by atoms with Crippen molar-refractivity contribution in [3.8, 4) is 0 Å². The van der Waals surface area contributed by atoms with Crippen LogP contribution in [0.25, 0.3) is 21.9 Å².